The maximum absolute atomic E-state index is 12.3. The van der Waals surface area contributed by atoms with Crippen molar-refractivity contribution in [1.29, 1.82) is 0 Å². The van der Waals surface area contributed by atoms with Gasteiger partial charge in [-0.3, -0.25) is 0 Å². The zero-order chi connectivity index (χ0) is 36.9. The van der Waals surface area contributed by atoms with E-state index in [1.54, 1.807) is 48.5 Å². The predicted molar refractivity (Wildman–Crippen MR) is 205 cm³/mol. The van der Waals surface area contributed by atoms with Crippen molar-refractivity contribution in [3.05, 3.63) is 91.9 Å². The zero-order valence-corrected chi connectivity index (χ0v) is 33.4. The molecule has 0 aliphatic carbocycles. The van der Waals surface area contributed by atoms with Crippen LogP contribution in [-0.2, 0) is 68.5 Å². The summed E-state index contributed by atoms with van der Waals surface area (Å²) in [5, 5.41) is 4.23. The minimum absolute atomic E-state index is 0. The lowest BCUT2D eigenvalue weighted by Gasteiger charge is -2.20. The summed E-state index contributed by atoms with van der Waals surface area (Å²) in [5.74, 6) is -0.847. The number of anilines is 2. The number of aromatic nitrogens is 2. The first-order valence-corrected chi connectivity index (χ1v) is 21.2. The SMILES string of the molecule is COC(=O)c1ccc(CN(c2nc3c(s2)CN(C)CC3)S(C)(=O)=O)cc1.COC(=O)c1ccc(CN(c2nc3c(s2)CNCC3)S(C)(=O)=O)cc1.Cl. The van der Waals surface area contributed by atoms with Gasteiger partial charge in [-0.05, 0) is 42.4 Å². The van der Waals surface area contributed by atoms with Crippen molar-refractivity contribution in [3.8, 4) is 0 Å². The van der Waals surface area contributed by atoms with Crippen molar-refractivity contribution in [1.82, 2.24) is 20.2 Å². The van der Waals surface area contributed by atoms with Crippen molar-refractivity contribution >= 4 is 77.3 Å². The number of hydrogen-bond acceptors (Lipinski definition) is 14. The first-order chi connectivity index (χ1) is 24.2. The Labute approximate surface area is 318 Å². The normalized spacial score (nSPS) is 14.1. The number of hydrogen-bond donors (Lipinski definition) is 1. The Hall–Kier alpha value is -3.65. The van der Waals surface area contributed by atoms with Crippen LogP contribution in [0.1, 0.15) is 53.0 Å². The standard InChI is InChI=1S/C17H21N3O4S2.C16H19N3O4S2.ClH/c1-19-9-8-14-15(11-19)25-17(18-14)20(26(3,22)23)10-12-4-6-13(7-5-12)16(21)24-2;1-23-15(20)12-5-3-11(4-6-12)10-19(25(2,21)22)16-18-13-7-8-17-9-14(13)24-16;/h4-7H,8-11H2,1-3H3;3-6,17H,7-10H2,1-2H3;1H. The van der Waals surface area contributed by atoms with E-state index in [4.69, 9.17) is 0 Å². The van der Waals surface area contributed by atoms with E-state index in [0.717, 1.165) is 71.3 Å². The Kier molecular flexibility index (Phi) is 13.8. The summed E-state index contributed by atoms with van der Waals surface area (Å²) in [5.41, 5.74) is 4.34. The smallest absolute Gasteiger partial charge is 0.337 e. The number of rotatable bonds is 10. The molecule has 0 radical (unpaired) electrons. The number of carbonyl (C=O) groups is 2. The molecule has 0 saturated carbocycles. The number of halogens is 1. The third-order valence-electron chi connectivity index (χ3n) is 8.13. The molecule has 4 aromatic rings. The Morgan fingerprint density at radius 3 is 1.63 bits per heavy atom. The highest BCUT2D eigenvalue weighted by Gasteiger charge is 2.27. The number of esters is 2. The number of ether oxygens (including phenoxy) is 2. The van der Waals surface area contributed by atoms with Crippen LogP contribution < -0.4 is 13.9 Å². The van der Waals surface area contributed by atoms with Crippen molar-refractivity contribution in [2.75, 3.05) is 55.5 Å². The van der Waals surface area contributed by atoms with Gasteiger partial charge >= 0.3 is 11.9 Å². The highest BCUT2D eigenvalue weighted by Crippen LogP contribution is 2.33. The average Bonchev–Trinajstić information content (AvgIpc) is 3.72. The van der Waals surface area contributed by atoms with Crippen LogP contribution in [0.4, 0.5) is 10.3 Å². The summed E-state index contributed by atoms with van der Waals surface area (Å²) in [6.45, 7) is 3.62. The number of carbonyl (C=O) groups excluding carboxylic acids is 2. The number of likely N-dealkylation sites (N-methyl/N-ethyl adjacent to an activating group) is 1. The summed E-state index contributed by atoms with van der Waals surface area (Å²) in [7, 11) is -2.28. The number of methoxy groups -OCH3 is 2. The van der Waals surface area contributed by atoms with Gasteiger partial charge < -0.3 is 19.7 Å². The van der Waals surface area contributed by atoms with Gasteiger partial charge in [-0.15, -0.1) is 12.4 Å². The van der Waals surface area contributed by atoms with Crippen LogP contribution in [0.5, 0.6) is 0 Å². The summed E-state index contributed by atoms with van der Waals surface area (Å²) < 4.78 is 61.2. The van der Waals surface area contributed by atoms with Crippen molar-refractivity contribution in [2.45, 2.75) is 39.0 Å². The average molecular weight is 813 g/mol. The molecular formula is C33H41ClN6O8S4. The molecule has 52 heavy (non-hydrogen) atoms. The highest BCUT2D eigenvalue weighted by molar-refractivity contribution is 7.92. The zero-order valence-electron chi connectivity index (χ0n) is 29.3. The van der Waals surface area contributed by atoms with Crippen LogP contribution in [0.25, 0.3) is 0 Å². The van der Waals surface area contributed by atoms with E-state index in [1.165, 1.54) is 58.0 Å². The fourth-order valence-corrected chi connectivity index (χ4v) is 9.88. The lowest BCUT2D eigenvalue weighted by molar-refractivity contribution is 0.0592. The Morgan fingerprint density at radius 2 is 1.21 bits per heavy atom. The first kappa shape index (κ1) is 41.1. The van der Waals surface area contributed by atoms with Gasteiger partial charge in [0.2, 0.25) is 20.0 Å². The molecular weight excluding hydrogens is 772 g/mol. The van der Waals surface area contributed by atoms with Crippen molar-refractivity contribution < 1.29 is 35.9 Å². The molecule has 0 saturated heterocycles. The van der Waals surface area contributed by atoms with Gasteiger partial charge in [-0.2, -0.15) is 0 Å². The predicted octanol–water partition coefficient (Wildman–Crippen LogP) is 3.85. The molecule has 2 aromatic heterocycles. The number of thiazole rings is 2. The van der Waals surface area contributed by atoms with Crippen molar-refractivity contribution in [2.24, 2.45) is 0 Å². The molecule has 14 nitrogen and oxygen atoms in total. The van der Waals surface area contributed by atoms with Gasteiger partial charge in [0.05, 0.1) is 62.3 Å². The maximum atomic E-state index is 12.3. The van der Waals surface area contributed by atoms with E-state index in [1.807, 2.05) is 7.05 Å². The van der Waals surface area contributed by atoms with Crippen molar-refractivity contribution in [3.63, 3.8) is 0 Å². The summed E-state index contributed by atoms with van der Waals surface area (Å²) >= 11 is 2.83. The third kappa shape index (κ3) is 10.3. The lowest BCUT2D eigenvalue weighted by Crippen LogP contribution is -2.29. The number of nitrogens with zero attached hydrogens (tertiary/aromatic N) is 5. The van der Waals surface area contributed by atoms with Crippen LogP contribution in [0.15, 0.2) is 48.5 Å². The molecule has 2 aromatic carbocycles. The fourth-order valence-electron chi connectivity index (χ4n) is 5.35. The molecule has 2 aliphatic rings. The topological polar surface area (TPSA) is 168 Å². The molecule has 6 rings (SSSR count). The van der Waals surface area contributed by atoms with Crippen LogP contribution in [-0.4, -0.2) is 90.5 Å². The van der Waals surface area contributed by atoms with Gasteiger partial charge in [0, 0.05) is 48.8 Å². The third-order valence-corrected chi connectivity index (χ3v) is 12.8. The monoisotopic (exact) mass is 812 g/mol. The number of fused-ring (bicyclic) bond motifs is 2. The second-order valence-electron chi connectivity index (χ2n) is 12.1. The Bertz CT molecular complexity index is 2060. The summed E-state index contributed by atoms with van der Waals surface area (Å²) in [4.78, 5) is 36.5. The molecule has 0 amide bonds. The molecule has 0 spiro atoms. The highest BCUT2D eigenvalue weighted by atomic mass is 35.5. The van der Waals surface area contributed by atoms with E-state index >= 15 is 0 Å². The van der Waals surface area contributed by atoms with Gasteiger partial charge in [-0.25, -0.2) is 45.0 Å². The molecule has 0 atom stereocenters. The van der Waals surface area contributed by atoms with E-state index in [9.17, 15) is 26.4 Å². The van der Waals surface area contributed by atoms with Crippen LogP contribution in [0.2, 0.25) is 0 Å². The molecule has 0 fully saturated rings. The largest absolute Gasteiger partial charge is 0.465 e. The van der Waals surface area contributed by atoms with Crippen LogP contribution >= 0.6 is 35.1 Å². The molecule has 2 aliphatic heterocycles. The van der Waals surface area contributed by atoms with E-state index in [0.29, 0.717) is 21.4 Å². The molecule has 0 bridgehead atoms. The van der Waals surface area contributed by atoms with Gasteiger partial charge in [0.25, 0.3) is 0 Å². The summed E-state index contributed by atoms with van der Waals surface area (Å²) in [6.07, 6.45) is 3.99. The second kappa shape index (κ2) is 17.5. The quantitative estimate of drug-likeness (QED) is 0.230. The lowest BCUT2D eigenvalue weighted by atomic mass is 10.1. The second-order valence-corrected chi connectivity index (χ2v) is 18.0. The van der Waals surface area contributed by atoms with Gasteiger partial charge in [0.1, 0.15) is 0 Å². The number of benzene rings is 2. The first-order valence-electron chi connectivity index (χ1n) is 15.8. The minimum atomic E-state index is -3.48. The number of sulfonamides is 2. The van der Waals surface area contributed by atoms with Gasteiger partial charge in [-0.1, -0.05) is 46.9 Å². The molecule has 4 heterocycles. The fraction of sp³-hybridized carbons (Fsp3) is 0.394. The molecule has 19 heteroatoms. The van der Waals surface area contributed by atoms with Gasteiger partial charge in [0.15, 0.2) is 10.3 Å². The Balaban J connectivity index is 0.000000228. The molecule has 282 valence electrons. The van der Waals surface area contributed by atoms with Crippen LogP contribution in [0.3, 0.4) is 0 Å². The minimum Gasteiger partial charge on any atom is -0.465 e. The van der Waals surface area contributed by atoms with Crippen LogP contribution in [0, 0.1) is 0 Å². The maximum Gasteiger partial charge on any atom is 0.337 e. The van der Waals surface area contributed by atoms with E-state index in [2.05, 4.69) is 29.7 Å². The molecule has 0 unspecified atom stereocenters. The molecule has 1 N–H and O–H groups in total. The van der Waals surface area contributed by atoms with E-state index < -0.39 is 32.0 Å². The number of nitrogens with one attached hydrogen (secondary N) is 1. The van der Waals surface area contributed by atoms with E-state index in [-0.39, 0.29) is 25.5 Å². The Morgan fingerprint density at radius 1 is 0.769 bits per heavy atom. The summed E-state index contributed by atoms with van der Waals surface area (Å²) in [6, 6.07) is 13.4.